The average molecular weight is 391 g/mol. The second-order valence-electron chi connectivity index (χ2n) is 7.22. The molecular formula is C22H22N4OS. The van der Waals surface area contributed by atoms with Crippen molar-refractivity contribution >= 4 is 38.5 Å². The molecule has 142 valence electrons. The molecule has 1 saturated heterocycles. The van der Waals surface area contributed by atoms with Gasteiger partial charge in [-0.2, -0.15) is 0 Å². The van der Waals surface area contributed by atoms with E-state index in [2.05, 4.69) is 17.6 Å². The lowest BCUT2D eigenvalue weighted by atomic mass is 10.2. The monoisotopic (exact) mass is 390 g/mol. The van der Waals surface area contributed by atoms with E-state index in [0.717, 1.165) is 53.2 Å². The Morgan fingerprint density at radius 1 is 1.11 bits per heavy atom. The molecule has 4 aromatic rings. The van der Waals surface area contributed by atoms with Crippen LogP contribution in [0, 0.1) is 0 Å². The SMILES string of the molecule is CCc1nc2ccccc2n1CC(=O)N1CCC[C@H]1c1nc2ccccc2s1. The van der Waals surface area contributed by atoms with E-state index in [-0.39, 0.29) is 11.9 Å². The van der Waals surface area contributed by atoms with Gasteiger partial charge in [-0.1, -0.05) is 31.2 Å². The second kappa shape index (κ2) is 7.02. The molecule has 0 bridgehead atoms. The maximum atomic E-state index is 13.3. The van der Waals surface area contributed by atoms with Crippen LogP contribution in [0.2, 0.25) is 0 Å². The lowest BCUT2D eigenvalue weighted by molar-refractivity contribution is -0.132. The minimum Gasteiger partial charge on any atom is -0.332 e. The van der Waals surface area contributed by atoms with Crippen LogP contribution in [-0.4, -0.2) is 31.9 Å². The molecule has 1 amide bonds. The minimum atomic E-state index is 0.0877. The summed E-state index contributed by atoms with van der Waals surface area (Å²) in [5.74, 6) is 1.12. The van der Waals surface area contributed by atoms with Gasteiger partial charge >= 0.3 is 0 Å². The first-order chi connectivity index (χ1) is 13.7. The third-order valence-corrected chi connectivity index (χ3v) is 6.65. The molecule has 5 rings (SSSR count). The van der Waals surface area contributed by atoms with Gasteiger partial charge in [0.2, 0.25) is 5.91 Å². The van der Waals surface area contributed by atoms with Crippen LogP contribution in [0.5, 0.6) is 0 Å². The number of carbonyl (C=O) groups is 1. The fourth-order valence-corrected chi connectivity index (χ4v) is 5.27. The van der Waals surface area contributed by atoms with Crippen molar-refractivity contribution in [2.45, 2.75) is 38.8 Å². The lowest BCUT2D eigenvalue weighted by Gasteiger charge is -2.24. The zero-order chi connectivity index (χ0) is 19.1. The van der Waals surface area contributed by atoms with Gasteiger partial charge in [0.05, 0.1) is 27.3 Å². The van der Waals surface area contributed by atoms with Crippen molar-refractivity contribution < 1.29 is 4.79 Å². The Hall–Kier alpha value is -2.73. The number of para-hydroxylation sites is 3. The molecule has 2 aromatic carbocycles. The van der Waals surface area contributed by atoms with Crippen molar-refractivity contribution in [3.63, 3.8) is 0 Å². The Morgan fingerprint density at radius 3 is 2.71 bits per heavy atom. The van der Waals surface area contributed by atoms with E-state index in [1.165, 1.54) is 4.70 Å². The highest BCUT2D eigenvalue weighted by molar-refractivity contribution is 7.18. The van der Waals surface area contributed by atoms with Gasteiger partial charge in [-0.3, -0.25) is 4.79 Å². The lowest BCUT2D eigenvalue weighted by Crippen LogP contribution is -2.33. The largest absolute Gasteiger partial charge is 0.332 e. The molecule has 0 N–H and O–H groups in total. The Balaban J connectivity index is 1.45. The topological polar surface area (TPSA) is 51.0 Å². The van der Waals surface area contributed by atoms with Crippen LogP contribution in [0.3, 0.4) is 0 Å². The summed E-state index contributed by atoms with van der Waals surface area (Å²) in [6.45, 7) is 3.22. The number of imidazole rings is 1. The number of thiazole rings is 1. The molecule has 6 heteroatoms. The predicted octanol–water partition coefficient (Wildman–Crippen LogP) is 4.57. The van der Waals surface area contributed by atoms with Gasteiger partial charge in [-0.05, 0) is 37.1 Å². The first-order valence-electron chi connectivity index (χ1n) is 9.83. The number of nitrogens with zero attached hydrogens (tertiary/aromatic N) is 4. The maximum absolute atomic E-state index is 13.3. The van der Waals surface area contributed by atoms with E-state index in [4.69, 9.17) is 9.97 Å². The molecule has 3 heterocycles. The number of aromatic nitrogens is 3. The minimum absolute atomic E-state index is 0.0877. The molecule has 0 saturated carbocycles. The summed E-state index contributed by atoms with van der Waals surface area (Å²) < 4.78 is 3.26. The van der Waals surface area contributed by atoms with Crippen molar-refractivity contribution in [1.82, 2.24) is 19.4 Å². The Labute approximate surface area is 167 Å². The van der Waals surface area contributed by atoms with Gasteiger partial charge in [0, 0.05) is 13.0 Å². The predicted molar refractivity (Wildman–Crippen MR) is 112 cm³/mol. The smallest absolute Gasteiger partial charge is 0.243 e. The number of likely N-dealkylation sites (tertiary alicyclic amines) is 1. The van der Waals surface area contributed by atoms with Crippen LogP contribution in [0.4, 0.5) is 0 Å². The summed E-state index contributed by atoms with van der Waals surface area (Å²) in [5, 5.41) is 1.05. The van der Waals surface area contributed by atoms with Crippen LogP contribution in [0.25, 0.3) is 21.3 Å². The summed E-state index contributed by atoms with van der Waals surface area (Å²) in [6, 6.07) is 16.3. The molecule has 1 fully saturated rings. The highest BCUT2D eigenvalue weighted by Gasteiger charge is 2.32. The number of aryl methyl sites for hydroxylation is 1. The second-order valence-corrected chi connectivity index (χ2v) is 8.28. The number of benzene rings is 2. The molecule has 1 atom stereocenters. The molecule has 0 unspecified atom stereocenters. The average Bonchev–Trinajstić information content (AvgIpc) is 3.44. The third-order valence-electron chi connectivity index (χ3n) is 5.51. The summed E-state index contributed by atoms with van der Waals surface area (Å²) in [7, 11) is 0. The Bertz CT molecular complexity index is 1130. The van der Waals surface area contributed by atoms with Crippen LogP contribution < -0.4 is 0 Å². The number of amides is 1. The molecule has 1 aliphatic rings. The molecule has 28 heavy (non-hydrogen) atoms. The quantitative estimate of drug-likeness (QED) is 0.513. The number of hydrogen-bond donors (Lipinski definition) is 0. The van der Waals surface area contributed by atoms with Crippen molar-refractivity contribution in [3.05, 3.63) is 59.4 Å². The zero-order valence-electron chi connectivity index (χ0n) is 15.8. The molecule has 2 aromatic heterocycles. The van der Waals surface area contributed by atoms with Gasteiger partial charge in [-0.25, -0.2) is 9.97 Å². The maximum Gasteiger partial charge on any atom is 0.243 e. The van der Waals surface area contributed by atoms with Crippen LogP contribution >= 0.6 is 11.3 Å². The van der Waals surface area contributed by atoms with Gasteiger partial charge < -0.3 is 9.47 Å². The van der Waals surface area contributed by atoms with E-state index in [1.54, 1.807) is 11.3 Å². The Morgan fingerprint density at radius 2 is 1.89 bits per heavy atom. The first kappa shape index (κ1) is 17.4. The Kier molecular flexibility index (Phi) is 4.36. The molecule has 0 aliphatic carbocycles. The molecule has 0 radical (unpaired) electrons. The van der Waals surface area contributed by atoms with Gasteiger partial charge in [0.25, 0.3) is 0 Å². The normalized spacial score (nSPS) is 17.0. The number of rotatable bonds is 4. The van der Waals surface area contributed by atoms with E-state index in [9.17, 15) is 4.79 Å². The van der Waals surface area contributed by atoms with Crippen molar-refractivity contribution in [1.29, 1.82) is 0 Å². The number of fused-ring (bicyclic) bond motifs is 2. The number of hydrogen-bond acceptors (Lipinski definition) is 4. The fourth-order valence-electron chi connectivity index (χ4n) is 4.15. The van der Waals surface area contributed by atoms with Gasteiger partial charge in [0.1, 0.15) is 17.4 Å². The summed E-state index contributed by atoms with van der Waals surface area (Å²) in [6.07, 6.45) is 2.82. The molecule has 5 nitrogen and oxygen atoms in total. The van der Waals surface area contributed by atoms with E-state index >= 15 is 0 Å². The summed E-state index contributed by atoms with van der Waals surface area (Å²) in [4.78, 5) is 24.8. The van der Waals surface area contributed by atoms with Crippen LogP contribution in [0.1, 0.15) is 36.6 Å². The highest BCUT2D eigenvalue weighted by atomic mass is 32.1. The van der Waals surface area contributed by atoms with Crippen molar-refractivity contribution in [2.75, 3.05) is 6.54 Å². The third kappa shape index (κ3) is 2.88. The standard InChI is InChI=1S/C22H22N4OS/c1-2-20-23-15-8-3-5-10-17(15)26(20)14-21(27)25-13-7-11-18(25)22-24-16-9-4-6-12-19(16)28-22/h3-6,8-10,12,18H,2,7,11,13-14H2,1H3/t18-/m0/s1. The fraction of sp³-hybridized carbons (Fsp3) is 0.318. The molecular weight excluding hydrogens is 368 g/mol. The highest BCUT2D eigenvalue weighted by Crippen LogP contribution is 2.36. The van der Waals surface area contributed by atoms with Crippen LogP contribution in [-0.2, 0) is 17.8 Å². The van der Waals surface area contributed by atoms with E-state index in [1.807, 2.05) is 47.4 Å². The molecule has 1 aliphatic heterocycles. The van der Waals surface area contributed by atoms with Crippen molar-refractivity contribution in [3.8, 4) is 0 Å². The van der Waals surface area contributed by atoms with Gasteiger partial charge in [0.15, 0.2) is 0 Å². The van der Waals surface area contributed by atoms with Gasteiger partial charge in [-0.15, -0.1) is 11.3 Å². The van der Waals surface area contributed by atoms with Crippen LogP contribution in [0.15, 0.2) is 48.5 Å². The first-order valence-corrected chi connectivity index (χ1v) is 10.7. The zero-order valence-corrected chi connectivity index (χ0v) is 16.7. The summed E-state index contributed by atoms with van der Waals surface area (Å²) in [5.41, 5.74) is 3.01. The van der Waals surface area contributed by atoms with E-state index in [0.29, 0.717) is 6.54 Å². The molecule has 0 spiro atoms. The van der Waals surface area contributed by atoms with E-state index < -0.39 is 0 Å². The summed E-state index contributed by atoms with van der Waals surface area (Å²) >= 11 is 1.71. The number of carbonyl (C=O) groups excluding carboxylic acids is 1. The van der Waals surface area contributed by atoms with Crippen molar-refractivity contribution in [2.24, 2.45) is 0 Å².